The summed E-state index contributed by atoms with van der Waals surface area (Å²) < 4.78 is 7.33. The lowest BCUT2D eigenvalue weighted by Crippen LogP contribution is -2.00. The van der Waals surface area contributed by atoms with Gasteiger partial charge in [-0.2, -0.15) is 0 Å². The molecule has 17 heavy (non-hydrogen) atoms. The van der Waals surface area contributed by atoms with Crippen LogP contribution in [0.5, 0.6) is 5.75 Å². The number of hydrogen-bond donors (Lipinski definition) is 0. The van der Waals surface area contributed by atoms with Crippen LogP contribution in [0.4, 0.5) is 0 Å². The first-order valence-electron chi connectivity index (χ1n) is 5.46. The van der Waals surface area contributed by atoms with Crippen LogP contribution < -0.4 is 4.74 Å². The highest BCUT2D eigenvalue weighted by molar-refractivity contribution is 5.80. The minimum atomic E-state index is 0.568. The number of benzene rings is 1. The Morgan fingerprint density at radius 2 is 1.76 bits per heavy atom. The summed E-state index contributed by atoms with van der Waals surface area (Å²) in [5.74, 6) is 0.602. The van der Waals surface area contributed by atoms with Gasteiger partial charge in [0.2, 0.25) is 0 Å². The predicted octanol–water partition coefficient (Wildman–Crippen LogP) is 2.92. The molecule has 88 valence electrons. The Hall–Kier alpha value is -2.03. The Morgan fingerprint density at radius 1 is 1.12 bits per heavy atom. The second-order valence-electron chi connectivity index (χ2n) is 4.00. The maximum atomic E-state index is 10.8. The van der Waals surface area contributed by atoms with Crippen molar-refractivity contribution in [2.75, 3.05) is 7.11 Å². The van der Waals surface area contributed by atoms with Crippen LogP contribution in [0.2, 0.25) is 0 Å². The molecule has 0 saturated heterocycles. The normalized spacial score (nSPS) is 10.3. The third-order valence-electron chi connectivity index (χ3n) is 2.87. The number of carbonyl (C=O) groups excluding carboxylic acids is 1. The van der Waals surface area contributed by atoms with Crippen molar-refractivity contribution in [1.82, 2.24) is 4.57 Å². The molecule has 0 amide bonds. The summed E-state index contributed by atoms with van der Waals surface area (Å²) in [6.45, 7) is 4.10. The lowest BCUT2D eigenvalue weighted by atomic mass is 10.2. The Labute approximate surface area is 101 Å². The van der Waals surface area contributed by atoms with Gasteiger partial charge in [0.05, 0.1) is 12.7 Å². The van der Waals surface area contributed by atoms with Crippen LogP contribution in [0.3, 0.4) is 0 Å². The molecule has 0 N–H and O–H groups in total. The Kier molecular flexibility index (Phi) is 3.00. The smallest absolute Gasteiger partial charge is 0.153 e. The van der Waals surface area contributed by atoms with Gasteiger partial charge in [0.1, 0.15) is 5.75 Å². The number of nitrogens with zero attached hydrogens (tertiary/aromatic N) is 1. The van der Waals surface area contributed by atoms with Crippen LogP contribution in [-0.4, -0.2) is 18.0 Å². The van der Waals surface area contributed by atoms with E-state index < -0.39 is 0 Å². The lowest BCUT2D eigenvalue weighted by molar-refractivity contribution is 0.112. The molecule has 0 saturated carbocycles. The topological polar surface area (TPSA) is 31.2 Å². The molecule has 2 rings (SSSR count). The Bertz CT molecular complexity index is 536. The second-order valence-corrected chi connectivity index (χ2v) is 4.00. The van der Waals surface area contributed by atoms with Crippen LogP contribution in [0.25, 0.3) is 5.69 Å². The van der Waals surface area contributed by atoms with Crippen molar-refractivity contribution in [2.45, 2.75) is 13.8 Å². The van der Waals surface area contributed by atoms with E-state index in [1.807, 2.05) is 26.0 Å². The van der Waals surface area contributed by atoms with E-state index >= 15 is 0 Å². The molecule has 3 heteroatoms. The number of hydrogen-bond acceptors (Lipinski definition) is 2. The summed E-state index contributed by atoms with van der Waals surface area (Å²) in [6.07, 6.45) is 0.804. The van der Waals surface area contributed by atoms with Crippen LogP contribution in [0.1, 0.15) is 21.7 Å². The summed E-state index contributed by atoms with van der Waals surface area (Å²) >= 11 is 0. The Balaban J connectivity index is 2.58. The van der Waals surface area contributed by atoms with Crippen LogP contribution in [0, 0.1) is 13.8 Å². The molecule has 0 unspecified atom stereocenters. The molecule has 1 heterocycles. The summed E-state index contributed by atoms with van der Waals surface area (Å²) in [5.41, 5.74) is 3.89. The maximum absolute atomic E-state index is 10.8. The van der Waals surface area contributed by atoms with Crippen molar-refractivity contribution in [1.29, 1.82) is 0 Å². The molecule has 3 nitrogen and oxygen atoms in total. The molecular formula is C14H15NO2. The van der Waals surface area contributed by atoms with Crippen molar-refractivity contribution in [3.63, 3.8) is 0 Å². The molecule has 1 aromatic heterocycles. The monoisotopic (exact) mass is 229 g/mol. The summed E-state index contributed by atoms with van der Waals surface area (Å²) in [6, 6.07) is 9.71. The fourth-order valence-corrected chi connectivity index (χ4v) is 2.01. The van der Waals surface area contributed by atoms with Gasteiger partial charge in [-0.05, 0) is 38.1 Å². The average Bonchev–Trinajstić information content (AvgIpc) is 2.68. The number of carbonyl (C=O) groups is 1. The van der Waals surface area contributed by atoms with E-state index in [4.69, 9.17) is 4.74 Å². The molecule has 2 aromatic rings. The number of methoxy groups -OCH3 is 1. The number of ether oxygens (including phenoxy) is 1. The molecule has 0 spiro atoms. The highest BCUT2D eigenvalue weighted by Gasteiger charge is 2.07. The van der Waals surface area contributed by atoms with Crippen molar-refractivity contribution >= 4 is 6.29 Å². The van der Waals surface area contributed by atoms with Crippen LogP contribution >= 0.6 is 0 Å². The number of aryl methyl sites for hydroxylation is 2. The van der Waals surface area contributed by atoms with Gasteiger partial charge in [0.25, 0.3) is 0 Å². The van der Waals surface area contributed by atoms with Gasteiger partial charge < -0.3 is 9.30 Å². The van der Waals surface area contributed by atoms with Crippen molar-refractivity contribution in [3.8, 4) is 11.4 Å². The van der Waals surface area contributed by atoms with Gasteiger partial charge in [-0.15, -0.1) is 0 Å². The summed E-state index contributed by atoms with van der Waals surface area (Å²) in [5, 5.41) is 0. The average molecular weight is 229 g/mol. The van der Waals surface area contributed by atoms with Crippen LogP contribution in [0.15, 0.2) is 30.3 Å². The third kappa shape index (κ3) is 1.96. The molecule has 0 fully saturated rings. The minimum Gasteiger partial charge on any atom is -0.496 e. The molecule has 0 aliphatic heterocycles. The lowest BCUT2D eigenvalue weighted by Gasteiger charge is -2.12. The molecule has 0 radical (unpaired) electrons. The number of aromatic nitrogens is 1. The minimum absolute atomic E-state index is 0.568. The highest BCUT2D eigenvalue weighted by atomic mass is 16.5. The first-order chi connectivity index (χ1) is 8.17. The van der Waals surface area contributed by atoms with Crippen molar-refractivity contribution in [3.05, 3.63) is 47.3 Å². The molecule has 0 atom stereocenters. The van der Waals surface area contributed by atoms with Crippen molar-refractivity contribution in [2.24, 2.45) is 0 Å². The molecule has 0 aliphatic rings. The van der Waals surface area contributed by atoms with Crippen LogP contribution in [-0.2, 0) is 0 Å². The van der Waals surface area contributed by atoms with E-state index in [1.165, 1.54) is 0 Å². The molecule has 0 bridgehead atoms. The second kappa shape index (κ2) is 4.45. The highest BCUT2D eigenvalue weighted by Crippen LogP contribution is 2.23. The van der Waals surface area contributed by atoms with Gasteiger partial charge in [0, 0.05) is 23.1 Å². The first kappa shape index (κ1) is 11.5. The van der Waals surface area contributed by atoms with E-state index in [-0.39, 0.29) is 0 Å². The SMILES string of the molecule is COc1cc(-n2c(C)ccc2C)ccc1C=O. The van der Waals surface area contributed by atoms with Gasteiger partial charge in [-0.25, -0.2) is 0 Å². The summed E-state index contributed by atoms with van der Waals surface area (Å²) in [7, 11) is 1.57. The number of rotatable bonds is 3. The third-order valence-corrected chi connectivity index (χ3v) is 2.87. The van der Waals surface area contributed by atoms with E-state index in [0.717, 1.165) is 23.4 Å². The molecule has 0 aliphatic carbocycles. The van der Waals surface area contributed by atoms with Gasteiger partial charge in [0.15, 0.2) is 6.29 Å². The standard InChI is InChI=1S/C14H15NO2/c1-10-4-5-11(2)15(10)13-7-6-12(9-16)14(8-13)17-3/h4-9H,1-3H3. The molecule has 1 aromatic carbocycles. The van der Waals surface area contributed by atoms with Gasteiger partial charge in [-0.1, -0.05) is 0 Å². The van der Waals surface area contributed by atoms with E-state index in [1.54, 1.807) is 13.2 Å². The van der Waals surface area contributed by atoms with Crippen molar-refractivity contribution < 1.29 is 9.53 Å². The summed E-state index contributed by atoms with van der Waals surface area (Å²) in [4.78, 5) is 10.8. The number of aldehydes is 1. The first-order valence-corrected chi connectivity index (χ1v) is 5.46. The van der Waals surface area contributed by atoms with E-state index in [0.29, 0.717) is 11.3 Å². The zero-order chi connectivity index (χ0) is 12.4. The fourth-order valence-electron chi connectivity index (χ4n) is 2.01. The zero-order valence-electron chi connectivity index (χ0n) is 10.2. The molecular weight excluding hydrogens is 214 g/mol. The van der Waals surface area contributed by atoms with E-state index in [2.05, 4.69) is 16.7 Å². The fraction of sp³-hybridized carbons (Fsp3) is 0.214. The zero-order valence-corrected chi connectivity index (χ0v) is 10.2. The van der Waals surface area contributed by atoms with Gasteiger partial charge >= 0.3 is 0 Å². The Morgan fingerprint density at radius 3 is 2.29 bits per heavy atom. The largest absolute Gasteiger partial charge is 0.496 e. The quantitative estimate of drug-likeness (QED) is 0.758. The van der Waals surface area contributed by atoms with Gasteiger partial charge in [-0.3, -0.25) is 4.79 Å². The van der Waals surface area contributed by atoms with E-state index in [9.17, 15) is 4.79 Å². The maximum Gasteiger partial charge on any atom is 0.153 e. The predicted molar refractivity (Wildman–Crippen MR) is 67.2 cm³/mol.